The van der Waals surface area contributed by atoms with E-state index >= 15 is 0 Å². The number of carbonyl (C=O) groups excluding carboxylic acids is 1. The number of nitrogens with zero attached hydrogens (tertiary/aromatic N) is 1. The third kappa shape index (κ3) is 6.22. The molecule has 5 N–H and O–H groups in total. The minimum Gasteiger partial charge on any atom is -1.00 e. The summed E-state index contributed by atoms with van der Waals surface area (Å²) < 4.78 is 26.8. The number of para-hydroxylation sites is 1. The van der Waals surface area contributed by atoms with E-state index < -0.39 is 16.1 Å². The zero-order valence-electron chi connectivity index (χ0n) is 21.9. The zero-order valence-corrected chi connectivity index (χ0v) is 23.7. The molecule has 186 valence electrons. The first-order valence-corrected chi connectivity index (χ1v) is 13.1. The van der Waals surface area contributed by atoms with Crippen molar-refractivity contribution in [1.29, 1.82) is 0 Å². The van der Waals surface area contributed by atoms with Crippen LogP contribution in [0.1, 0.15) is 31.5 Å². The smallest absolute Gasteiger partial charge is 1.00 e. The Morgan fingerprint density at radius 2 is 1.72 bits per heavy atom. The summed E-state index contributed by atoms with van der Waals surface area (Å²) in [6, 6.07) is 19.9. The summed E-state index contributed by atoms with van der Waals surface area (Å²) in [4.78, 5) is 14.5. The Bertz CT molecular complexity index is 1300. The van der Waals surface area contributed by atoms with Crippen molar-refractivity contribution >= 4 is 33.1 Å². The maximum absolute atomic E-state index is 12.4. The molecule has 1 aliphatic heterocycles. The van der Waals surface area contributed by atoms with Gasteiger partial charge in [0, 0.05) is 18.8 Å². The van der Waals surface area contributed by atoms with Gasteiger partial charge in [-0.1, -0.05) is 43.3 Å². The van der Waals surface area contributed by atoms with Gasteiger partial charge in [0.1, 0.15) is 6.17 Å². The van der Waals surface area contributed by atoms with Gasteiger partial charge in [-0.25, -0.2) is 17.9 Å². The van der Waals surface area contributed by atoms with E-state index in [1.54, 1.807) is 12.1 Å². The molecule has 0 spiro atoms. The van der Waals surface area contributed by atoms with E-state index in [2.05, 4.69) is 59.7 Å². The molecular formula is C26H32N5NaO3S. The summed E-state index contributed by atoms with van der Waals surface area (Å²) in [5, 5.41) is 6.23. The van der Waals surface area contributed by atoms with Crippen molar-refractivity contribution in [2.45, 2.75) is 44.3 Å². The monoisotopic (exact) mass is 517 g/mol. The van der Waals surface area contributed by atoms with Crippen molar-refractivity contribution in [2.24, 2.45) is 5.73 Å². The first-order chi connectivity index (χ1) is 16.8. The molecule has 2 amide bonds. The Labute approximate surface area is 236 Å². The van der Waals surface area contributed by atoms with Crippen LogP contribution in [0.15, 0.2) is 71.6 Å². The van der Waals surface area contributed by atoms with Gasteiger partial charge in [0.25, 0.3) is 10.0 Å². The van der Waals surface area contributed by atoms with E-state index in [-0.39, 0.29) is 42.0 Å². The number of sulfonamides is 1. The molecule has 0 saturated carbocycles. The standard InChI is InChI=1S/C26H31N5O3S.Na.H/c1-3-24-29-25-18(2)5-4-6-23(25)31(24)21-11-7-19(8-12-21)15-16-28-26(32)30-35(33,34)22-13-9-20(17-27)10-14-22;;/h4-14,24,29H,3,15-17,27H2,1-2H3,(H2,28,30,32);;/q;+1;-1. The fourth-order valence-corrected chi connectivity index (χ4v) is 5.14. The summed E-state index contributed by atoms with van der Waals surface area (Å²) >= 11 is 0. The number of urea groups is 1. The van der Waals surface area contributed by atoms with Crippen LogP contribution in [0, 0.1) is 6.92 Å². The van der Waals surface area contributed by atoms with Crippen molar-refractivity contribution in [3.63, 3.8) is 0 Å². The van der Waals surface area contributed by atoms with Gasteiger partial charge in [0.2, 0.25) is 0 Å². The molecule has 0 saturated heterocycles. The van der Waals surface area contributed by atoms with Gasteiger partial charge in [-0.05, 0) is 66.8 Å². The number of nitrogens with one attached hydrogen (secondary N) is 3. The third-order valence-corrected chi connectivity index (χ3v) is 7.48. The van der Waals surface area contributed by atoms with E-state index in [1.807, 2.05) is 16.9 Å². The molecule has 1 heterocycles. The molecule has 4 rings (SSSR count). The SMILES string of the molecule is CCC1Nc2c(C)cccc2N1c1ccc(CCNC(=O)NS(=O)(=O)c2ccc(CN)cc2)cc1.[H-].[Na+]. The summed E-state index contributed by atoms with van der Waals surface area (Å²) in [6.07, 6.45) is 1.72. The van der Waals surface area contributed by atoms with E-state index in [0.29, 0.717) is 19.5 Å². The summed E-state index contributed by atoms with van der Waals surface area (Å²) in [6.45, 7) is 4.89. The minimum atomic E-state index is -3.94. The molecule has 1 aliphatic rings. The molecule has 3 aromatic carbocycles. The number of benzene rings is 3. The van der Waals surface area contributed by atoms with Crippen LogP contribution >= 0.6 is 0 Å². The number of nitrogens with two attached hydrogens (primary N) is 1. The molecule has 0 radical (unpaired) electrons. The van der Waals surface area contributed by atoms with Gasteiger partial charge in [0.15, 0.2) is 0 Å². The molecule has 3 aromatic rings. The second kappa shape index (κ2) is 12.1. The molecule has 10 heteroatoms. The Morgan fingerprint density at radius 1 is 1.06 bits per heavy atom. The van der Waals surface area contributed by atoms with Gasteiger partial charge >= 0.3 is 35.6 Å². The van der Waals surface area contributed by atoms with Crippen molar-refractivity contribution in [3.05, 3.63) is 83.4 Å². The van der Waals surface area contributed by atoms with E-state index in [1.165, 1.54) is 29.1 Å². The average Bonchev–Trinajstić information content (AvgIpc) is 3.24. The Morgan fingerprint density at radius 3 is 2.36 bits per heavy atom. The topological polar surface area (TPSA) is 117 Å². The number of amides is 2. The van der Waals surface area contributed by atoms with Crippen LogP contribution in [0.4, 0.5) is 21.9 Å². The van der Waals surface area contributed by atoms with Gasteiger partial charge in [-0.2, -0.15) is 0 Å². The maximum Gasteiger partial charge on any atom is 1.00 e. The molecular weight excluding hydrogens is 485 g/mol. The summed E-state index contributed by atoms with van der Waals surface area (Å²) in [5.41, 5.74) is 12.0. The normalized spacial score (nSPS) is 14.4. The Balaban J connectivity index is 0.00000241. The van der Waals surface area contributed by atoms with Crippen LogP contribution in [0.5, 0.6) is 0 Å². The van der Waals surface area contributed by atoms with Crippen LogP contribution in [0.25, 0.3) is 0 Å². The van der Waals surface area contributed by atoms with Gasteiger partial charge in [0.05, 0.1) is 16.3 Å². The van der Waals surface area contributed by atoms with Crippen molar-refractivity contribution in [3.8, 4) is 0 Å². The first-order valence-electron chi connectivity index (χ1n) is 11.7. The largest absolute Gasteiger partial charge is 1.00 e. The average molecular weight is 518 g/mol. The number of hydrogen-bond acceptors (Lipinski definition) is 6. The molecule has 0 fully saturated rings. The second-order valence-electron chi connectivity index (χ2n) is 8.53. The van der Waals surface area contributed by atoms with E-state index in [0.717, 1.165) is 23.2 Å². The number of anilines is 3. The summed E-state index contributed by atoms with van der Waals surface area (Å²) in [7, 11) is -3.94. The van der Waals surface area contributed by atoms with Crippen LogP contribution in [-0.2, 0) is 23.0 Å². The van der Waals surface area contributed by atoms with Gasteiger partial charge in [-0.15, -0.1) is 0 Å². The number of aryl methyl sites for hydroxylation is 1. The van der Waals surface area contributed by atoms with Crippen LogP contribution < -0.4 is 55.5 Å². The second-order valence-corrected chi connectivity index (χ2v) is 10.2. The third-order valence-electron chi connectivity index (χ3n) is 6.13. The van der Waals surface area contributed by atoms with E-state index in [9.17, 15) is 13.2 Å². The van der Waals surface area contributed by atoms with E-state index in [4.69, 9.17) is 5.73 Å². The molecule has 36 heavy (non-hydrogen) atoms. The number of carbonyl (C=O) groups is 1. The fraction of sp³-hybridized carbons (Fsp3) is 0.269. The predicted molar refractivity (Wildman–Crippen MR) is 140 cm³/mol. The number of hydrogen-bond donors (Lipinski definition) is 4. The fourth-order valence-electron chi connectivity index (χ4n) is 4.21. The van der Waals surface area contributed by atoms with Crippen LogP contribution in [-0.4, -0.2) is 27.2 Å². The Hall–Kier alpha value is -2.56. The predicted octanol–water partition coefficient (Wildman–Crippen LogP) is 1.10. The molecule has 8 nitrogen and oxygen atoms in total. The van der Waals surface area contributed by atoms with Crippen LogP contribution in [0.2, 0.25) is 0 Å². The number of rotatable bonds is 8. The minimum absolute atomic E-state index is 0. The zero-order chi connectivity index (χ0) is 25.0. The first kappa shape index (κ1) is 28.0. The molecule has 0 bridgehead atoms. The van der Waals surface area contributed by atoms with Crippen molar-refractivity contribution in [1.82, 2.24) is 10.0 Å². The molecule has 1 unspecified atom stereocenters. The van der Waals surface area contributed by atoms with Gasteiger partial charge in [-0.3, -0.25) is 0 Å². The molecule has 0 aromatic heterocycles. The van der Waals surface area contributed by atoms with Crippen LogP contribution in [0.3, 0.4) is 0 Å². The van der Waals surface area contributed by atoms with Crippen molar-refractivity contribution in [2.75, 3.05) is 16.8 Å². The quantitative estimate of drug-likeness (QED) is 0.333. The molecule has 0 aliphatic carbocycles. The Kier molecular flexibility index (Phi) is 9.43. The van der Waals surface area contributed by atoms with Gasteiger partial charge < -0.3 is 22.7 Å². The number of fused-ring (bicyclic) bond motifs is 1. The van der Waals surface area contributed by atoms with Crippen molar-refractivity contribution < 1.29 is 44.2 Å². The maximum atomic E-state index is 12.4. The summed E-state index contributed by atoms with van der Waals surface area (Å²) in [5.74, 6) is 0. The molecule has 1 atom stereocenters.